The van der Waals surface area contributed by atoms with Crippen LogP contribution in [0.15, 0.2) is 60.7 Å². The molecule has 0 spiro atoms. The first-order valence-electron chi connectivity index (χ1n) is 8.01. The predicted molar refractivity (Wildman–Crippen MR) is 89.8 cm³/mol. The van der Waals surface area contributed by atoms with Crippen LogP contribution in [0.3, 0.4) is 0 Å². The summed E-state index contributed by atoms with van der Waals surface area (Å²) in [5.41, 5.74) is 2.12. The fraction of sp³-hybridized carbons (Fsp3) is 0.368. The van der Waals surface area contributed by atoms with E-state index in [0.717, 1.165) is 32.6 Å². The molecule has 1 aliphatic rings. The molecule has 0 aliphatic carbocycles. The third-order valence-corrected chi connectivity index (χ3v) is 4.63. The third kappa shape index (κ3) is 3.07. The summed E-state index contributed by atoms with van der Waals surface area (Å²) in [6.07, 6.45) is 0.828. The molecule has 1 saturated heterocycles. The largest absolute Gasteiger partial charge is 0.394 e. The fourth-order valence-electron chi connectivity index (χ4n) is 3.42. The molecule has 2 aromatic rings. The van der Waals surface area contributed by atoms with Crippen LogP contribution in [0, 0.1) is 0 Å². The average molecular weight is 296 g/mol. The van der Waals surface area contributed by atoms with Crippen LogP contribution in [-0.2, 0) is 12.0 Å². The number of nitrogens with one attached hydrogen (secondary N) is 1. The molecular weight excluding hydrogens is 272 g/mol. The van der Waals surface area contributed by atoms with Crippen LogP contribution >= 0.6 is 0 Å². The van der Waals surface area contributed by atoms with Crippen molar-refractivity contribution in [1.29, 1.82) is 0 Å². The first-order chi connectivity index (χ1) is 10.8. The van der Waals surface area contributed by atoms with Crippen molar-refractivity contribution in [3.63, 3.8) is 0 Å². The van der Waals surface area contributed by atoms with E-state index in [1.54, 1.807) is 0 Å². The maximum atomic E-state index is 10.4. The molecule has 1 aliphatic heterocycles. The fourth-order valence-corrected chi connectivity index (χ4v) is 3.42. The number of piperazine rings is 1. The molecule has 2 aromatic carbocycles. The van der Waals surface area contributed by atoms with Crippen molar-refractivity contribution in [3.05, 3.63) is 71.8 Å². The number of nitrogens with zero attached hydrogens (tertiary/aromatic N) is 1. The normalized spacial score (nSPS) is 18.8. The van der Waals surface area contributed by atoms with Gasteiger partial charge in [-0.1, -0.05) is 60.7 Å². The zero-order valence-electron chi connectivity index (χ0n) is 12.9. The van der Waals surface area contributed by atoms with Crippen molar-refractivity contribution in [2.75, 3.05) is 32.8 Å². The van der Waals surface area contributed by atoms with Gasteiger partial charge in [0, 0.05) is 26.2 Å². The Hall–Kier alpha value is -1.68. The Labute approximate surface area is 132 Å². The molecule has 0 bridgehead atoms. The summed E-state index contributed by atoms with van der Waals surface area (Å²) in [6.45, 7) is 4.00. The van der Waals surface area contributed by atoms with Crippen LogP contribution in [0.1, 0.15) is 11.1 Å². The number of hydrogen-bond donors (Lipinski definition) is 2. The van der Waals surface area contributed by atoms with Gasteiger partial charge in [0.05, 0.1) is 12.1 Å². The lowest BCUT2D eigenvalue weighted by molar-refractivity contribution is 0.0168. The number of benzene rings is 2. The van der Waals surface area contributed by atoms with E-state index in [9.17, 15) is 5.11 Å². The lowest BCUT2D eigenvalue weighted by atomic mass is 9.82. The summed E-state index contributed by atoms with van der Waals surface area (Å²) in [6, 6.07) is 20.9. The standard InChI is InChI=1S/C19H24N2O/c22-16-19(18-9-5-2-6-10-18,21-13-11-20-12-14-21)15-17-7-3-1-4-8-17/h1-10,20,22H,11-16H2. The molecule has 0 amide bonds. The van der Waals surface area contributed by atoms with E-state index in [-0.39, 0.29) is 12.1 Å². The lowest BCUT2D eigenvalue weighted by Gasteiger charge is -2.45. The van der Waals surface area contributed by atoms with Gasteiger partial charge in [-0.15, -0.1) is 0 Å². The zero-order valence-corrected chi connectivity index (χ0v) is 12.9. The average Bonchev–Trinajstić information content (AvgIpc) is 2.62. The minimum Gasteiger partial charge on any atom is -0.394 e. The highest BCUT2D eigenvalue weighted by Gasteiger charge is 2.38. The van der Waals surface area contributed by atoms with E-state index in [4.69, 9.17) is 0 Å². The van der Waals surface area contributed by atoms with E-state index in [2.05, 4.69) is 58.7 Å². The molecule has 0 aromatic heterocycles. The molecule has 1 fully saturated rings. The van der Waals surface area contributed by atoms with E-state index < -0.39 is 0 Å². The molecule has 1 unspecified atom stereocenters. The van der Waals surface area contributed by atoms with Gasteiger partial charge in [-0.25, -0.2) is 0 Å². The molecule has 22 heavy (non-hydrogen) atoms. The van der Waals surface area contributed by atoms with Gasteiger partial charge >= 0.3 is 0 Å². The highest BCUT2D eigenvalue weighted by molar-refractivity contribution is 5.29. The molecule has 0 radical (unpaired) electrons. The highest BCUT2D eigenvalue weighted by Crippen LogP contribution is 2.32. The summed E-state index contributed by atoms with van der Waals surface area (Å²) < 4.78 is 0. The monoisotopic (exact) mass is 296 g/mol. The van der Waals surface area contributed by atoms with E-state index >= 15 is 0 Å². The molecule has 2 N–H and O–H groups in total. The molecule has 1 atom stereocenters. The molecule has 0 saturated carbocycles. The summed E-state index contributed by atoms with van der Waals surface area (Å²) in [5, 5.41) is 13.8. The summed E-state index contributed by atoms with van der Waals surface area (Å²) in [5.74, 6) is 0. The Kier molecular flexibility index (Phi) is 4.88. The molecule has 3 rings (SSSR count). The van der Waals surface area contributed by atoms with E-state index in [1.165, 1.54) is 11.1 Å². The second-order valence-electron chi connectivity index (χ2n) is 5.96. The van der Waals surface area contributed by atoms with Crippen LogP contribution in [0.4, 0.5) is 0 Å². The molecule has 3 nitrogen and oxygen atoms in total. The molecule has 3 heteroatoms. The van der Waals surface area contributed by atoms with Gasteiger partial charge in [-0.05, 0) is 17.5 Å². The van der Waals surface area contributed by atoms with Gasteiger partial charge in [0.2, 0.25) is 0 Å². The maximum Gasteiger partial charge on any atom is 0.0735 e. The Bertz CT molecular complexity index is 567. The van der Waals surface area contributed by atoms with Crippen molar-refractivity contribution in [2.24, 2.45) is 0 Å². The first-order valence-corrected chi connectivity index (χ1v) is 8.01. The van der Waals surface area contributed by atoms with Crippen LogP contribution in [-0.4, -0.2) is 42.8 Å². The van der Waals surface area contributed by atoms with Gasteiger partial charge in [-0.3, -0.25) is 4.90 Å². The van der Waals surface area contributed by atoms with E-state index in [0.29, 0.717) is 0 Å². The van der Waals surface area contributed by atoms with Crippen LogP contribution in [0.25, 0.3) is 0 Å². The van der Waals surface area contributed by atoms with E-state index in [1.807, 2.05) is 12.1 Å². The number of aliphatic hydroxyl groups is 1. The zero-order chi connectivity index (χ0) is 15.3. The van der Waals surface area contributed by atoms with Gasteiger partial charge < -0.3 is 10.4 Å². The topological polar surface area (TPSA) is 35.5 Å². The predicted octanol–water partition coefficient (Wildman–Crippen LogP) is 2.02. The van der Waals surface area contributed by atoms with Crippen molar-refractivity contribution in [2.45, 2.75) is 12.0 Å². The summed E-state index contributed by atoms with van der Waals surface area (Å²) in [7, 11) is 0. The first kappa shape index (κ1) is 15.2. The molecule has 116 valence electrons. The Morgan fingerprint density at radius 2 is 1.50 bits per heavy atom. The van der Waals surface area contributed by atoms with Crippen LogP contribution in [0.2, 0.25) is 0 Å². The minimum absolute atomic E-state index is 0.131. The van der Waals surface area contributed by atoms with Gasteiger partial charge in [0.1, 0.15) is 0 Å². The quantitative estimate of drug-likeness (QED) is 0.886. The number of rotatable bonds is 5. The van der Waals surface area contributed by atoms with Crippen molar-refractivity contribution in [3.8, 4) is 0 Å². The number of aliphatic hydroxyl groups excluding tert-OH is 1. The molecular formula is C19H24N2O. The van der Waals surface area contributed by atoms with Crippen molar-refractivity contribution >= 4 is 0 Å². The van der Waals surface area contributed by atoms with Gasteiger partial charge in [0.15, 0.2) is 0 Å². The van der Waals surface area contributed by atoms with Crippen LogP contribution < -0.4 is 5.32 Å². The summed E-state index contributed by atoms with van der Waals surface area (Å²) in [4.78, 5) is 2.44. The number of hydrogen-bond acceptors (Lipinski definition) is 3. The van der Waals surface area contributed by atoms with Crippen LogP contribution in [0.5, 0.6) is 0 Å². The van der Waals surface area contributed by atoms with Gasteiger partial charge in [0.25, 0.3) is 0 Å². The second kappa shape index (κ2) is 7.05. The Morgan fingerprint density at radius 3 is 2.09 bits per heavy atom. The Balaban J connectivity index is 1.99. The smallest absolute Gasteiger partial charge is 0.0735 e. The minimum atomic E-state index is -0.343. The lowest BCUT2D eigenvalue weighted by Crippen LogP contribution is -2.57. The molecule has 1 heterocycles. The summed E-state index contributed by atoms with van der Waals surface area (Å²) >= 11 is 0. The third-order valence-electron chi connectivity index (χ3n) is 4.63. The highest BCUT2D eigenvalue weighted by atomic mass is 16.3. The maximum absolute atomic E-state index is 10.4. The van der Waals surface area contributed by atoms with Crippen molar-refractivity contribution < 1.29 is 5.11 Å². The SMILES string of the molecule is OCC(Cc1ccccc1)(c1ccccc1)N1CCNCC1. The van der Waals surface area contributed by atoms with Crippen molar-refractivity contribution in [1.82, 2.24) is 10.2 Å². The van der Waals surface area contributed by atoms with Gasteiger partial charge in [-0.2, -0.15) is 0 Å². The Morgan fingerprint density at radius 1 is 0.909 bits per heavy atom. The second-order valence-corrected chi connectivity index (χ2v) is 5.96.